The Balaban J connectivity index is 2.37. The summed E-state index contributed by atoms with van der Waals surface area (Å²) in [6.07, 6.45) is 1.54. The second-order valence-electron chi connectivity index (χ2n) is 4.09. The van der Waals surface area contributed by atoms with Crippen LogP contribution in [0.25, 0.3) is 16.9 Å². The Hall–Kier alpha value is -2.76. The second-order valence-corrected chi connectivity index (χ2v) is 4.09. The Morgan fingerprint density at radius 2 is 2.00 bits per heavy atom. The lowest BCUT2D eigenvalue weighted by Gasteiger charge is -2.05. The molecule has 0 N–H and O–H groups in total. The van der Waals surface area contributed by atoms with Crippen LogP contribution in [0.2, 0.25) is 0 Å². The van der Waals surface area contributed by atoms with E-state index >= 15 is 0 Å². The highest BCUT2D eigenvalue weighted by atomic mass is 16.6. The van der Waals surface area contributed by atoms with Crippen LogP contribution in [0.1, 0.15) is 5.82 Å². The minimum absolute atomic E-state index is 0.0336. The first-order chi connectivity index (χ1) is 9.18. The highest BCUT2D eigenvalue weighted by Crippen LogP contribution is 2.25. The van der Waals surface area contributed by atoms with Crippen molar-refractivity contribution in [1.29, 1.82) is 0 Å². The Bertz CT molecular complexity index is 779. The van der Waals surface area contributed by atoms with Crippen LogP contribution in [0.15, 0.2) is 42.6 Å². The molecule has 2 aromatic heterocycles. The summed E-state index contributed by atoms with van der Waals surface area (Å²) in [7, 11) is 0. The molecule has 6 nitrogen and oxygen atoms in total. The van der Waals surface area contributed by atoms with Crippen molar-refractivity contribution in [2.24, 2.45) is 0 Å². The maximum atomic E-state index is 11.1. The molecule has 19 heavy (non-hydrogen) atoms. The Morgan fingerprint density at radius 1 is 1.21 bits per heavy atom. The number of fused-ring (bicyclic) bond motifs is 1. The zero-order valence-electron chi connectivity index (χ0n) is 10.1. The van der Waals surface area contributed by atoms with Crippen molar-refractivity contribution in [3.8, 4) is 5.82 Å². The molecule has 3 rings (SSSR count). The molecular weight excluding hydrogens is 244 g/mol. The summed E-state index contributed by atoms with van der Waals surface area (Å²) < 4.78 is 1.70. The molecule has 0 bridgehead atoms. The minimum Gasteiger partial charge on any atom is -0.275 e. The lowest BCUT2D eigenvalue weighted by Crippen LogP contribution is -2.04. The van der Waals surface area contributed by atoms with Crippen LogP contribution < -0.4 is 0 Å². The molecule has 94 valence electrons. The van der Waals surface area contributed by atoms with Crippen molar-refractivity contribution in [1.82, 2.24) is 14.5 Å². The average molecular weight is 254 g/mol. The highest BCUT2D eigenvalue weighted by molar-refractivity contribution is 5.78. The van der Waals surface area contributed by atoms with E-state index in [-0.39, 0.29) is 5.69 Å². The smallest absolute Gasteiger partial charge is 0.275 e. The minimum atomic E-state index is -0.434. The summed E-state index contributed by atoms with van der Waals surface area (Å²) in [5, 5.41) is 11.1. The van der Waals surface area contributed by atoms with Gasteiger partial charge in [-0.05, 0) is 25.1 Å². The van der Waals surface area contributed by atoms with Gasteiger partial charge in [0.1, 0.15) is 5.82 Å². The van der Waals surface area contributed by atoms with E-state index in [1.54, 1.807) is 17.6 Å². The molecule has 0 fully saturated rings. The van der Waals surface area contributed by atoms with E-state index in [1.165, 1.54) is 12.3 Å². The van der Waals surface area contributed by atoms with Crippen LogP contribution >= 0.6 is 0 Å². The van der Waals surface area contributed by atoms with Crippen molar-refractivity contribution in [3.63, 3.8) is 0 Å². The zero-order chi connectivity index (χ0) is 13.4. The van der Waals surface area contributed by atoms with Crippen LogP contribution in [0.5, 0.6) is 0 Å². The first-order valence-corrected chi connectivity index (χ1v) is 5.72. The predicted octanol–water partition coefficient (Wildman–Crippen LogP) is 2.64. The summed E-state index contributed by atoms with van der Waals surface area (Å²) in [5.41, 5.74) is 1.57. The number of nitrogens with zero attached hydrogens (tertiary/aromatic N) is 4. The van der Waals surface area contributed by atoms with E-state index in [9.17, 15) is 10.1 Å². The van der Waals surface area contributed by atoms with E-state index in [4.69, 9.17) is 0 Å². The van der Waals surface area contributed by atoms with Crippen LogP contribution in [0.3, 0.4) is 0 Å². The molecular formula is C13H10N4O2. The normalized spacial score (nSPS) is 10.8. The van der Waals surface area contributed by atoms with Crippen molar-refractivity contribution in [2.45, 2.75) is 6.92 Å². The molecule has 0 aliphatic heterocycles. The number of imidazole rings is 1. The van der Waals surface area contributed by atoms with Gasteiger partial charge in [-0.25, -0.2) is 9.97 Å². The van der Waals surface area contributed by atoms with E-state index < -0.39 is 4.92 Å². The summed E-state index contributed by atoms with van der Waals surface area (Å²) in [6, 6.07) is 10.5. The van der Waals surface area contributed by atoms with Crippen molar-refractivity contribution < 1.29 is 4.92 Å². The van der Waals surface area contributed by atoms with Gasteiger partial charge in [0.25, 0.3) is 0 Å². The van der Waals surface area contributed by atoms with Crippen molar-refractivity contribution in [2.75, 3.05) is 0 Å². The van der Waals surface area contributed by atoms with Gasteiger partial charge in [-0.15, -0.1) is 0 Å². The lowest BCUT2D eigenvalue weighted by molar-refractivity contribution is -0.384. The maximum absolute atomic E-state index is 11.1. The largest absolute Gasteiger partial charge is 0.312 e. The molecule has 0 atom stereocenters. The Kier molecular flexibility index (Phi) is 2.49. The molecule has 6 heteroatoms. The van der Waals surface area contributed by atoms with Gasteiger partial charge in [0.15, 0.2) is 0 Å². The SMILES string of the molecule is Cc1nc2ccccc2n1-c1ncccc1[N+](=O)[O-]. The fourth-order valence-electron chi connectivity index (χ4n) is 2.12. The molecule has 0 radical (unpaired) electrons. The average Bonchev–Trinajstić information content (AvgIpc) is 2.74. The van der Waals surface area contributed by atoms with E-state index in [0.29, 0.717) is 11.6 Å². The summed E-state index contributed by atoms with van der Waals surface area (Å²) in [4.78, 5) is 19.2. The van der Waals surface area contributed by atoms with Crippen LogP contribution in [0, 0.1) is 17.0 Å². The molecule has 0 amide bonds. The molecule has 0 unspecified atom stereocenters. The first kappa shape index (κ1) is 11.3. The topological polar surface area (TPSA) is 73.8 Å². The molecule has 1 aromatic carbocycles. The van der Waals surface area contributed by atoms with Gasteiger partial charge >= 0.3 is 5.69 Å². The number of aryl methyl sites for hydroxylation is 1. The third kappa shape index (κ3) is 1.74. The molecule has 3 aromatic rings. The number of para-hydroxylation sites is 2. The number of aromatic nitrogens is 3. The maximum Gasteiger partial charge on any atom is 0.312 e. The molecule has 0 aliphatic rings. The summed E-state index contributed by atoms with van der Waals surface area (Å²) >= 11 is 0. The molecule has 0 aliphatic carbocycles. The van der Waals surface area contributed by atoms with Gasteiger partial charge in [-0.1, -0.05) is 12.1 Å². The monoisotopic (exact) mass is 254 g/mol. The number of hydrogen-bond donors (Lipinski definition) is 0. The van der Waals surface area contributed by atoms with Crippen LogP contribution in [-0.4, -0.2) is 19.5 Å². The zero-order valence-corrected chi connectivity index (χ0v) is 10.1. The van der Waals surface area contributed by atoms with Gasteiger partial charge in [0, 0.05) is 12.3 Å². The Morgan fingerprint density at radius 3 is 2.79 bits per heavy atom. The Labute approximate surface area is 108 Å². The van der Waals surface area contributed by atoms with Crippen LogP contribution in [0.4, 0.5) is 5.69 Å². The van der Waals surface area contributed by atoms with E-state index in [0.717, 1.165) is 11.0 Å². The predicted molar refractivity (Wildman–Crippen MR) is 70.3 cm³/mol. The molecule has 2 heterocycles. The standard InChI is InChI=1S/C13H10N4O2/c1-9-15-10-5-2-3-6-11(10)16(9)13-12(17(18)19)7-4-8-14-13/h2-8H,1H3. The number of hydrogen-bond acceptors (Lipinski definition) is 4. The van der Waals surface area contributed by atoms with Gasteiger partial charge in [-0.3, -0.25) is 14.7 Å². The third-order valence-corrected chi connectivity index (χ3v) is 2.90. The van der Waals surface area contributed by atoms with Crippen LogP contribution in [-0.2, 0) is 0 Å². The number of pyridine rings is 1. The van der Waals surface area contributed by atoms with Crippen molar-refractivity contribution in [3.05, 3.63) is 58.5 Å². The number of benzene rings is 1. The molecule has 0 saturated heterocycles. The van der Waals surface area contributed by atoms with Gasteiger partial charge in [-0.2, -0.15) is 0 Å². The summed E-state index contributed by atoms with van der Waals surface area (Å²) in [6.45, 7) is 1.80. The number of rotatable bonds is 2. The fraction of sp³-hybridized carbons (Fsp3) is 0.0769. The number of nitro groups is 1. The quantitative estimate of drug-likeness (QED) is 0.520. The summed E-state index contributed by atoms with van der Waals surface area (Å²) in [5.74, 6) is 0.960. The van der Waals surface area contributed by atoms with E-state index in [2.05, 4.69) is 9.97 Å². The van der Waals surface area contributed by atoms with Gasteiger partial charge < -0.3 is 0 Å². The lowest BCUT2D eigenvalue weighted by atomic mass is 10.3. The second kappa shape index (κ2) is 4.16. The molecule has 0 spiro atoms. The first-order valence-electron chi connectivity index (χ1n) is 5.72. The molecule has 0 saturated carbocycles. The van der Waals surface area contributed by atoms with Gasteiger partial charge in [0.2, 0.25) is 5.82 Å². The third-order valence-electron chi connectivity index (χ3n) is 2.90. The van der Waals surface area contributed by atoms with E-state index in [1.807, 2.05) is 24.3 Å². The highest BCUT2D eigenvalue weighted by Gasteiger charge is 2.19. The fourth-order valence-corrected chi connectivity index (χ4v) is 2.12. The van der Waals surface area contributed by atoms with Gasteiger partial charge in [0.05, 0.1) is 16.0 Å². The van der Waals surface area contributed by atoms with Crippen molar-refractivity contribution >= 4 is 16.7 Å².